The van der Waals surface area contributed by atoms with Crippen molar-refractivity contribution in [2.45, 2.75) is 6.42 Å². The Morgan fingerprint density at radius 2 is 1.87 bits per heavy atom. The molecule has 2 aromatic rings. The predicted molar refractivity (Wildman–Crippen MR) is 72.1 cm³/mol. The average Bonchev–Trinajstić information content (AvgIpc) is 2.18. The summed E-state index contributed by atoms with van der Waals surface area (Å²) < 4.78 is 0. The quantitative estimate of drug-likeness (QED) is 0.335. The molecule has 72 valence electrons. The molecule has 0 unspecified atom stereocenters. The molecule has 0 N–H and O–H groups in total. The van der Waals surface area contributed by atoms with Gasteiger partial charge in [-0.25, -0.2) is 0 Å². The van der Waals surface area contributed by atoms with Gasteiger partial charge < -0.3 is 0 Å². The van der Waals surface area contributed by atoms with Gasteiger partial charge in [-0.05, 0) is 6.42 Å². The van der Waals surface area contributed by atoms with Crippen molar-refractivity contribution in [3.05, 3.63) is 60.7 Å². The van der Waals surface area contributed by atoms with Crippen molar-refractivity contribution >= 4 is 34.7 Å². The first-order chi connectivity index (χ1) is 6.40. The Bertz CT molecular complexity index is 437. The molecule has 0 heterocycles. The number of fused-ring (bicyclic) bond motifs is 1. The molecule has 0 aliphatic heterocycles. The molecule has 0 radical (unpaired) electrons. The Labute approximate surface area is 130 Å². The minimum absolute atomic E-state index is 0. The van der Waals surface area contributed by atoms with Crippen molar-refractivity contribution in [2.24, 2.45) is 0 Å². The topological polar surface area (TPSA) is 0 Å². The van der Waals surface area contributed by atoms with E-state index in [-0.39, 0.29) is 53.5 Å². The van der Waals surface area contributed by atoms with Crippen LogP contribution < -0.4 is 29.6 Å². The minimum atomic E-state index is 0. The van der Waals surface area contributed by atoms with Crippen molar-refractivity contribution in [1.82, 2.24) is 0 Å². The molecule has 2 aromatic carbocycles. The molecule has 0 atom stereocenters. The summed E-state index contributed by atoms with van der Waals surface area (Å²) in [7, 11) is 0. The number of rotatable bonds is 2. The van der Waals surface area contributed by atoms with Crippen molar-refractivity contribution in [3.63, 3.8) is 0 Å². The summed E-state index contributed by atoms with van der Waals surface area (Å²) in [6.45, 7) is 3.72. The Balaban J connectivity index is 0.000000980. The van der Waals surface area contributed by atoms with Crippen LogP contribution >= 0.6 is 24.0 Å². The van der Waals surface area contributed by atoms with E-state index in [0.29, 0.717) is 0 Å². The maximum absolute atomic E-state index is 3.72. The van der Waals surface area contributed by atoms with Crippen LogP contribution in [0.3, 0.4) is 0 Å². The summed E-state index contributed by atoms with van der Waals surface area (Å²) in [5.41, 5.74) is 1.20. The fourth-order valence-corrected chi connectivity index (χ4v) is 1.44. The monoisotopic (exact) mass is 318 g/mol. The summed E-state index contributed by atoms with van der Waals surface area (Å²) in [5.74, 6) is 0. The zero-order valence-electron chi connectivity index (χ0n) is 8.86. The summed E-state index contributed by atoms with van der Waals surface area (Å²) in [4.78, 5) is 0. The number of hydrogen-bond acceptors (Lipinski definition) is 0. The molecular formula is C13H12INa. The molecular weight excluding hydrogens is 306 g/mol. The van der Waals surface area contributed by atoms with Crippen LogP contribution in [-0.2, 0) is 6.42 Å². The molecule has 0 amide bonds. The molecule has 0 aliphatic carbocycles. The third-order valence-corrected chi connectivity index (χ3v) is 2.08. The van der Waals surface area contributed by atoms with Gasteiger partial charge in [0, 0.05) is 0 Å². The molecule has 15 heavy (non-hydrogen) atoms. The fourth-order valence-electron chi connectivity index (χ4n) is 1.44. The van der Waals surface area contributed by atoms with Gasteiger partial charge in [0.2, 0.25) is 0 Å². The minimum Gasteiger partial charge on any atom is -0.143 e. The Morgan fingerprint density at radius 1 is 1.13 bits per heavy atom. The van der Waals surface area contributed by atoms with E-state index in [9.17, 15) is 0 Å². The largest absolute Gasteiger partial charge is 1.00 e. The molecule has 0 aliphatic rings. The molecule has 0 spiro atoms. The van der Waals surface area contributed by atoms with E-state index in [2.05, 4.69) is 36.9 Å². The van der Waals surface area contributed by atoms with E-state index in [0.717, 1.165) is 6.42 Å². The van der Waals surface area contributed by atoms with Crippen LogP contribution in [-0.4, -0.2) is 0 Å². The van der Waals surface area contributed by atoms with Gasteiger partial charge in [0.15, 0.2) is 0 Å². The van der Waals surface area contributed by atoms with Crippen LogP contribution in [0, 0.1) is 6.07 Å². The van der Waals surface area contributed by atoms with Crippen molar-refractivity contribution in [2.75, 3.05) is 0 Å². The van der Waals surface area contributed by atoms with E-state index in [1.54, 1.807) is 0 Å². The molecule has 0 saturated heterocycles. The number of allylic oxidation sites excluding steroid dienone is 1. The normalized spacial score (nSPS) is 8.80. The van der Waals surface area contributed by atoms with Crippen LogP contribution in [0.2, 0.25) is 0 Å². The smallest absolute Gasteiger partial charge is 0.143 e. The standard InChI is InChI=1S/C13H11.HI.Na/c1-2-5-11-8-9-12-6-3-4-7-13(12)10-11;;/h2-4,6-9H,1,5H2;1H;/q-1;;+1. The van der Waals surface area contributed by atoms with Gasteiger partial charge >= 0.3 is 29.6 Å². The maximum Gasteiger partial charge on any atom is 1.00 e. The Hall–Kier alpha value is 0.170. The zero-order valence-corrected chi connectivity index (χ0v) is 13.2. The van der Waals surface area contributed by atoms with Crippen LogP contribution in [0.15, 0.2) is 49.1 Å². The van der Waals surface area contributed by atoms with Crippen molar-refractivity contribution in [3.8, 4) is 0 Å². The summed E-state index contributed by atoms with van der Waals surface area (Å²) in [5, 5.41) is 2.43. The first-order valence-electron chi connectivity index (χ1n) is 4.41. The predicted octanol–water partition coefficient (Wildman–Crippen LogP) is 0.990. The summed E-state index contributed by atoms with van der Waals surface area (Å²) >= 11 is 0. The van der Waals surface area contributed by atoms with Gasteiger partial charge in [-0.3, -0.25) is 0 Å². The molecule has 2 heteroatoms. The third-order valence-electron chi connectivity index (χ3n) is 2.08. The molecule has 0 aromatic heterocycles. The molecule has 0 nitrogen and oxygen atoms in total. The first-order valence-corrected chi connectivity index (χ1v) is 4.41. The molecule has 0 saturated carbocycles. The summed E-state index contributed by atoms with van der Waals surface area (Å²) in [6.07, 6.45) is 2.80. The van der Waals surface area contributed by atoms with Gasteiger partial charge in [0.1, 0.15) is 0 Å². The second kappa shape index (κ2) is 7.44. The number of halogens is 1. The van der Waals surface area contributed by atoms with E-state index < -0.39 is 0 Å². The van der Waals surface area contributed by atoms with Crippen LogP contribution in [0.4, 0.5) is 0 Å². The second-order valence-corrected chi connectivity index (χ2v) is 3.06. The van der Waals surface area contributed by atoms with Gasteiger partial charge in [-0.15, -0.1) is 77.2 Å². The van der Waals surface area contributed by atoms with Crippen molar-refractivity contribution < 1.29 is 29.6 Å². The zero-order chi connectivity index (χ0) is 9.10. The number of benzene rings is 2. The summed E-state index contributed by atoms with van der Waals surface area (Å²) in [6, 6.07) is 15.9. The third kappa shape index (κ3) is 3.91. The van der Waals surface area contributed by atoms with Gasteiger partial charge in [0.05, 0.1) is 0 Å². The maximum atomic E-state index is 3.72. The molecule has 0 bridgehead atoms. The van der Waals surface area contributed by atoms with Gasteiger partial charge in [0.25, 0.3) is 0 Å². The van der Waals surface area contributed by atoms with Gasteiger partial charge in [-0.1, -0.05) is 18.2 Å². The van der Waals surface area contributed by atoms with Crippen LogP contribution in [0.1, 0.15) is 5.56 Å². The second-order valence-electron chi connectivity index (χ2n) is 3.06. The Kier molecular flexibility index (Phi) is 7.53. The SMILES string of the molecule is C=CCc1[c-]c2ccccc2cc1.I.[Na+]. The molecule has 2 rings (SSSR count). The van der Waals surface area contributed by atoms with E-state index in [4.69, 9.17) is 0 Å². The fraction of sp³-hybridized carbons (Fsp3) is 0.0769. The van der Waals surface area contributed by atoms with Crippen LogP contribution in [0.5, 0.6) is 0 Å². The molecule has 0 fully saturated rings. The van der Waals surface area contributed by atoms with E-state index >= 15 is 0 Å². The van der Waals surface area contributed by atoms with Gasteiger partial charge in [-0.2, -0.15) is 0 Å². The van der Waals surface area contributed by atoms with E-state index in [1.807, 2.05) is 18.2 Å². The Morgan fingerprint density at radius 3 is 2.60 bits per heavy atom. The van der Waals surface area contributed by atoms with Crippen LogP contribution in [0.25, 0.3) is 10.8 Å². The van der Waals surface area contributed by atoms with Crippen molar-refractivity contribution in [1.29, 1.82) is 0 Å². The first kappa shape index (κ1) is 15.2. The number of hydrogen-bond donors (Lipinski definition) is 0. The average molecular weight is 318 g/mol. The van der Waals surface area contributed by atoms with E-state index in [1.165, 1.54) is 16.3 Å².